The fraction of sp³-hybridized carbons (Fsp3) is 0.345. The molecule has 1 saturated heterocycles. The minimum absolute atomic E-state index is 0.0658. The number of benzene rings is 2. The van der Waals surface area contributed by atoms with Gasteiger partial charge in [0, 0.05) is 37.5 Å². The van der Waals surface area contributed by atoms with Crippen molar-refractivity contribution in [3.05, 3.63) is 59.6 Å². The van der Waals surface area contributed by atoms with E-state index in [1.807, 2.05) is 31.3 Å². The van der Waals surface area contributed by atoms with Crippen LogP contribution in [-0.4, -0.2) is 58.2 Å². The number of nitrogens with zero attached hydrogens (tertiary/aromatic N) is 4. The first kappa shape index (κ1) is 24.4. The van der Waals surface area contributed by atoms with E-state index in [1.165, 1.54) is 5.56 Å². The number of H-pyrrole nitrogens is 1. The van der Waals surface area contributed by atoms with Crippen LogP contribution in [0, 0.1) is 13.8 Å². The van der Waals surface area contributed by atoms with Crippen LogP contribution in [0.3, 0.4) is 0 Å². The van der Waals surface area contributed by atoms with E-state index in [0.717, 1.165) is 64.9 Å². The molecule has 0 bridgehead atoms. The molecule has 1 aliphatic heterocycles. The summed E-state index contributed by atoms with van der Waals surface area (Å²) in [5.74, 6) is 1.64. The molecule has 1 fully saturated rings. The number of hydrogen-bond acceptors (Lipinski definition) is 8. The molecule has 0 aliphatic carbocycles. The van der Waals surface area contributed by atoms with Gasteiger partial charge in [0.2, 0.25) is 11.8 Å². The first-order valence-electron chi connectivity index (χ1n) is 13.0. The van der Waals surface area contributed by atoms with E-state index in [1.54, 1.807) is 0 Å². The summed E-state index contributed by atoms with van der Waals surface area (Å²) in [6.45, 7) is 6.13. The number of fused-ring (bicyclic) bond motifs is 2. The highest BCUT2D eigenvalue weighted by Crippen LogP contribution is 2.37. The van der Waals surface area contributed by atoms with Crippen molar-refractivity contribution in [2.24, 2.45) is 0 Å². The molecule has 4 heterocycles. The predicted molar refractivity (Wildman–Crippen MR) is 148 cm³/mol. The van der Waals surface area contributed by atoms with E-state index in [2.05, 4.69) is 59.4 Å². The third-order valence-corrected chi connectivity index (χ3v) is 6.74. The minimum atomic E-state index is -0.0658. The molecular formula is C29H32N6O3. The molecule has 0 spiro atoms. The van der Waals surface area contributed by atoms with Crippen LogP contribution in [0.2, 0.25) is 0 Å². The van der Waals surface area contributed by atoms with Crippen molar-refractivity contribution in [2.75, 3.05) is 32.6 Å². The third-order valence-electron chi connectivity index (χ3n) is 6.74. The van der Waals surface area contributed by atoms with Crippen LogP contribution in [0.25, 0.3) is 33.3 Å². The molecule has 2 aromatic carbocycles. The van der Waals surface area contributed by atoms with Gasteiger partial charge in [-0.2, -0.15) is 9.97 Å². The Labute approximate surface area is 221 Å². The number of nitrogens with one attached hydrogen (secondary N) is 2. The van der Waals surface area contributed by atoms with Gasteiger partial charge in [-0.3, -0.25) is 0 Å². The van der Waals surface area contributed by atoms with Gasteiger partial charge in [-0.15, -0.1) is 0 Å². The Morgan fingerprint density at radius 3 is 2.79 bits per heavy atom. The summed E-state index contributed by atoms with van der Waals surface area (Å²) in [6, 6.07) is 12.4. The SMILES string of the molecule is Cc1nc2ccc(-c3c[nH]c4nc(Nc5ccc(CN(C)C)cc5C)nc(O[C@H]5CCCOC5)c34)cc2o1. The predicted octanol–water partition coefficient (Wildman–Crippen LogP) is 5.75. The van der Waals surface area contributed by atoms with Gasteiger partial charge in [-0.1, -0.05) is 18.2 Å². The van der Waals surface area contributed by atoms with E-state index < -0.39 is 0 Å². The van der Waals surface area contributed by atoms with E-state index in [9.17, 15) is 0 Å². The number of rotatable bonds is 7. The number of aromatic amines is 1. The molecule has 38 heavy (non-hydrogen) atoms. The molecule has 196 valence electrons. The first-order valence-corrected chi connectivity index (χ1v) is 13.0. The summed E-state index contributed by atoms with van der Waals surface area (Å²) >= 11 is 0. The summed E-state index contributed by atoms with van der Waals surface area (Å²) < 4.78 is 17.9. The molecule has 1 atom stereocenters. The summed E-state index contributed by atoms with van der Waals surface area (Å²) in [5.41, 5.74) is 7.51. The lowest BCUT2D eigenvalue weighted by molar-refractivity contribution is 0.00626. The van der Waals surface area contributed by atoms with Gasteiger partial charge in [0.05, 0.1) is 12.0 Å². The largest absolute Gasteiger partial charge is 0.471 e. The summed E-state index contributed by atoms with van der Waals surface area (Å²) in [5, 5.41) is 4.24. The van der Waals surface area contributed by atoms with Crippen molar-refractivity contribution in [1.82, 2.24) is 24.8 Å². The molecule has 0 unspecified atom stereocenters. The molecule has 5 aromatic rings. The maximum Gasteiger partial charge on any atom is 0.232 e. The molecule has 0 saturated carbocycles. The normalized spacial score (nSPS) is 16.0. The molecule has 6 rings (SSSR count). The number of anilines is 2. The summed E-state index contributed by atoms with van der Waals surface area (Å²) in [4.78, 5) is 19.6. The van der Waals surface area contributed by atoms with Gasteiger partial charge in [-0.05, 0) is 68.8 Å². The zero-order chi connectivity index (χ0) is 26.2. The van der Waals surface area contributed by atoms with E-state index in [0.29, 0.717) is 30.0 Å². The van der Waals surface area contributed by atoms with Crippen LogP contribution in [0.15, 0.2) is 47.0 Å². The maximum absolute atomic E-state index is 6.47. The van der Waals surface area contributed by atoms with Crippen molar-refractivity contribution in [3.63, 3.8) is 0 Å². The minimum Gasteiger partial charge on any atom is -0.471 e. The Kier molecular flexibility index (Phi) is 6.47. The number of hydrogen-bond donors (Lipinski definition) is 2. The van der Waals surface area contributed by atoms with Gasteiger partial charge in [-0.25, -0.2) is 4.98 Å². The van der Waals surface area contributed by atoms with E-state index >= 15 is 0 Å². The lowest BCUT2D eigenvalue weighted by Gasteiger charge is -2.23. The topological polar surface area (TPSA) is 101 Å². The third kappa shape index (κ3) is 4.94. The van der Waals surface area contributed by atoms with Crippen LogP contribution >= 0.6 is 0 Å². The Balaban J connectivity index is 1.40. The number of ether oxygens (including phenoxy) is 2. The average Bonchev–Trinajstić information content (AvgIpc) is 3.48. The number of aryl methyl sites for hydroxylation is 2. The highest BCUT2D eigenvalue weighted by atomic mass is 16.5. The van der Waals surface area contributed by atoms with Crippen LogP contribution in [0.5, 0.6) is 5.88 Å². The second-order valence-electron chi connectivity index (χ2n) is 10.2. The quantitative estimate of drug-likeness (QED) is 0.284. The van der Waals surface area contributed by atoms with E-state index in [4.69, 9.17) is 23.9 Å². The summed E-state index contributed by atoms with van der Waals surface area (Å²) in [7, 11) is 4.14. The molecule has 9 nitrogen and oxygen atoms in total. The zero-order valence-electron chi connectivity index (χ0n) is 22.2. The molecule has 2 N–H and O–H groups in total. The van der Waals surface area contributed by atoms with E-state index in [-0.39, 0.29) is 6.10 Å². The second kappa shape index (κ2) is 10.1. The molecular weight excluding hydrogens is 480 g/mol. The van der Waals surface area contributed by atoms with Crippen molar-refractivity contribution >= 4 is 33.8 Å². The molecule has 9 heteroatoms. The highest BCUT2D eigenvalue weighted by molar-refractivity contribution is 5.99. The van der Waals surface area contributed by atoms with Crippen molar-refractivity contribution in [2.45, 2.75) is 39.3 Å². The number of oxazole rings is 1. The van der Waals surface area contributed by atoms with Crippen LogP contribution < -0.4 is 10.1 Å². The lowest BCUT2D eigenvalue weighted by atomic mass is 10.1. The maximum atomic E-state index is 6.47. The monoisotopic (exact) mass is 512 g/mol. The van der Waals surface area contributed by atoms with Gasteiger partial charge in [0.15, 0.2) is 11.5 Å². The summed E-state index contributed by atoms with van der Waals surface area (Å²) in [6.07, 6.45) is 3.76. The Bertz CT molecular complexity index is 1600. The Morgan fingerprint density at radius 1 is 1.11 bits per heavy atom. The number of aromatic nitrogens is 4. The fourth-order valence-corrected chi connectivity index (χ4v) is 4.99. The second-order valence-corrected chi connectivity index (χ2v) is 10.2. The highest BCUT2D eigenvalue weighted by Gasteiger charge is 2.22. The van der Waals surface area contributed by atoms with Crippen LogP contribution in [0.4, 0.5) is 11.6 Å². The standard InChI is InChI=1S/C29H32N6O3/c1-17-12-19(15-35(3)4)7-9-23(17)32-29-33-27-26(28(34-29)38-21-6-5-11-36-16-21)22(14-30-27)20-8-10-24-25(13-20)37-18(2)31-24/h7-10,12-14,21H,5-6,11,15-16H2,1-4H3,(H2,30,32,33,34)/t21-/m0/s1. The van der Waals surface area contributed by atoms with Crippen molar-refractivity contribution < 1.29 is 13.9 Å². The van der Waals surface area contributed by atoms with Gasteiger partial charge in [0.1, 0.15) is 17.3 Å². The average molecular weight is 513 g/mol. The van der Waals surface area contributed by atoms with Gasteiger partial charge < -0.3 is 29.1 Å². The van der Waals surface area contributed by atoms with Crippen molar-refractivity contribution in [1.29, 1.82) is 0 Å². The van der Waals surface area contributed by atoms with Crippen LogP contribution in [0.1, 0.15) is 29.9 Å². The van der Waals surface area contributed by atoms with Crippen LogP contribution in [-0.2, 0) is 11.3 Å². The van der Waals surface area contributed by atoms with Gasteiger partial charge >= 0.3 is 0 Å². The zero-order valence-corrected chi connectivity index (χ0v) is 22.2. The molecule has 0 radical (unpaired) electrons. The van der Waals surface area contributed by atoms with Gasteiger partial charge in [0.25, 0.3) is 0 Å². The molecule has 1 aliphatic rings. The smallest absolute Gasteiger partial charge is 0.232 e. The van der Waals surface area contributed by atoms with Crippen molar-refractivity contribution in [3.8, 4) is 17.0 Å². The molecule has 0 amide bonds. The Hall–Kier alpha value is -3.95. The first-order chi connectivity index (χ1) is 18.4. The molecule has 3 aromatic heterocycles. The Morgan fingerprint density at radius 2 is 2.00 bits per heavy atom. The lowest BCUT2D eigenvalue weighted by Crippen LogP contribution is -2.28. The fourth-order valence-electron chi connectivity index (χ4n) is 4.99.